The summed E-state index contributed by atoms with van der Waals surface area (Å²) in [5.74, 6) is 1.84. The van der Waals surface area contributed by atoms with Gasteiger partial charge in [0.2, 0.25) is 5.91 Å². The third-order valence-corrected chi connectivity index (χ3v) is 5.47. The Hall–Kier alpha value is -2.14. The predicted octanol–water partition coefficient (Wildman–Crippen LogP) is 3.35. The highest BCUT2D eigenvalue weighted by Gasteiger charge is 2.50. The Bertz CT molecular complexity index is 788. The third-order valence-electron chi connectivity index (χ3n) is 5.47. The molecular formula is C20H23FN2O2. The molecule has 1 aromatic carbocycles. The van der Waals surface area contributed by atoms with Crippen LogP contribution in [-0.4, -0.2) is 35.3 Å². The number of likely N-dealkylation sites (tertiary alicyclic amines) is 2. The highest BCUT2D eigenvalue weighted by atomic mass is 19.1. The second kappa shape index (κ2) is 6.30. The van der Waals surface area contributed by atoms with E-state index in [4.69, 9.17) is 4.42 Å². The van der Waals surface area contributed by atoms with Gasteiger partial charge in [-0.15, -0.1) is 0 Å². The molecule has 2 aliphatic rings. The van der Waals surface area contributed by atoms with Crippen molar-refractivity contribution in [1.82, 2.24) is 9.80 Å². The first kappa shape index (κ1) is 16.3. The van der Waals surface area contributed by atoms with Crippen LogP contribution in [0.15, 0.2) is 40.8 Å². The molecule has 2 saturated heterocycles. The molecule has 132 valence electrons. The first-order valence-corrected chi connectivity index (χ1v) is 8.86. The van der Waals surface area contributed by atoms with Crippen LogP contribution >= 0.6 is 0 Å². The lowest BCUT2D eigenvalue weighted by Crippen LogP contribution is -2.36. The normalized spacial score (nSPS) is 23.9. The topological polar surface area (TPSA) is 36.7 Å². The minimum atomic E-state index is -0.269. The molecule has 3 heterocycles. The van der Waals surface area contributed by atoms with Crippen LogP contribution in [0, 0.1) is 18.2 Å². The monoisotopic (exact) mass is 342 g/mol. The van der Waals surface area contributed by atoms with Gasteiger partial charge in [-0.25, -0.2) is 4.39 Å². The van der Waals surface area contributed by atoms with Crippen molar-refractivity contribution in [3.63, 3.8) is 0 Å². The molecule has 25 heavy (non-hydrogen) atoms. The van der Waals surface area contributed by atoms with Crippen LogP contribution in [0.2, 0.25) is 0 Å². The maximum absolute atomic E-state index is 13.4. The molecule has 1 spiro atoms. The minimum Gasteiger partial charge on any atom is -0.465 e. The first-order valence-electron chi connectivity index (χ1n) is 8.86. The molecule has 1 atom stereocenters. The number of carbonyl (C=O) groups is 1. The average molecular weight is 342 g/mol. The lowest BCUT2D eigenvalue weighted by Gasteiger charge is -2.23. The lowest BCUT2D eigenvalue weighted by molar-refractivity contribution is -0.136. The molecular weight excluding hydrogens is 319 g/mol. The molecule has 0 bridgehead atoms. The maximum Gasteiger partial charge on any atom is 0.230 e. The van der Waals surface area contributed by atoms with Crippen LogP contribution in [0.3, 0.4) is 0 Å². The van der Waals surface area contributed by atoms with E-state index >= 15 is 0 Å². The number of nitrogens with zero attached hydrogens (tertiary/aromatic N) is 2. The molecule has 0 N–H and O–H groups in total. The first-order chi connectivity index (χ1) is 12.0. The molecule has 2 aliphatic heterocycles. The van der Waals surface area contributed by atoms with Gasteiger partial charge in [-0.1, -0.05) is 12.1 Å². The second-order valence-corrected chi connectivity index (χ2v) is 7.36. The summed E-state index contributed by atoms with van der Waals surface area (Å²) in [6.07, 6.45) is 1.78. The van der Waals surface area contributed by atoms with Gasteiger partial charge < -0.3 is 9.32 Å². The zero-order valence-corrected chi connectivity index (χ0v) is 14.5. The third kappa shape index (κ3) is 3.21. The smallest absolute Gasteiger partial charge is 0.230 e. The number of carbonyl (C=O) groups excluding carboxylic acids is 1. The maximum atomic E-state index is 13.4. The van der Waals surface area contributed by atoms with E-state index in [2.05, 4.69) is 4.90 Å². The highest BCUT2D eigenvalue weighted by molar-refractivity contribution is 5.85. The summed E-state index contributed by atoms with van der Waals surface area (Å²) >= 11 is 0. The fraction of sp³-hybridized carbons (Fsp3) is 0.450. The van der Waals surface area contributed by atoms with Crippen molar-refractivity contribution in [2.45, 2.75) is 32.9 Å². The second-order valence-electron chi connectivity index (χ2n) is 7.36. The molecule has 4 nitrogen and oxygen atoms in total. The van der Waals surface area contributed by atoms with Crippen molar-refractivity contribution >= 4 is 5.91 Å². The molecule has 5 heteroatoms. The van der Waals surface area contributed by atoms with E-state index in [1.165, 1.54) is 12.1 Å². The van der Waals surface area contributed by atoms with Crippen molar-refractivity contribution < 1.29 is 13.6 Å². The van der Waals surface area contributed by atoms with Crippen molar-refractivity contribution in [2.75, 3.05) is 19.6 Å². The van der Waals surface area contributed by atoms with Gasteiger partial charge in [-0.2, -0.15) is 0 Å². The van der Waals surface area contributed by atoms with Gasteiger partial charge >= 0.3 is 0 Å². The fourth-order valence-electron chi connectivity index (χ4n) is 4.16. The summed E-state index contributed by atoms with van der Waals surface area (Å²) in [5, 5.41) is 0. The highest BCUT2D eigenvalue weighted by Crippen LogP contribution is 2.41. The van der Waals surface area contributed by atoms with Crippen LogP contribution in [-0.2, 0) is 17.9 Å². The summed E-state index contributed by atoms with van der Waals surface area (Å²) < 4.78 is 19.0. The Morgan fingerprint density at radius 2 is 2.00 bits per heavy atom. The van der Waals surface area contributed by atoms with E-state index in [1.54, 1.807) is 6.07 Å². The Morgan fingerprint density at radius 3 is 2.76 bits per heavy atom. The van der Waals surface area contributed by atoms with Crippen LogP contribution < -0.4 is 0 Å². The number of hydrogen-bond donors (Lipinski definition) is 0. The molecule has 0 radical (unpaired) electrons. The quantitative estimate of drug-likeness (QED) is 0.855. The van der Waals surface area contributed by atoms with Gasteiger partial charge in [0.1, 0.15) is 17.3 Å². The molecule has 1 aromatic heterocycles. The Kier molecular flexibility index (Phi) is 4.12. The fourth-order valence-corrected chi connectivity index (χ4v) is 4.16. The van der Waals surface area contributed by atoms with Crippen LogP contribution in [0.4, 0.5) is 4.39 Å². The molecule has 2 fully saturated rings. The van der Waals surface area contributed by atoms with Gasteiger partial charge in [-0.05, 0) is 56.1 Å². The minimum absolute atomic E-state index is 0.217. The number of halogens is 1. The number of rotatable bonds is 4. The average Bonchev–Trinajstić information content (AvgIpc) is 3.25. The van der Waals surface area contributed by atoms with E-state index in [0.717, 1.165) is 56.1 Å². The predicted molar refractivity (Wildman–Crippen MR) is 92.2 cm³/mol. The molecule has 1 unspecified atom stereocenters. The molecule has 2 aromatic rings. The van der Waals surface area contributed by atoms with Gasteiger partial charge in [0.05, 0.1) is 12.0 Å². The Labute approximate surface area is 147 Å². The van der Waals surface area contributed by atoms with E-state index in [9.17, 15) is 9.18 Å². The van der Waals surface area contributed by atoms with Gasteiger partial charge in [0.25, 0.3) is 0 Å². The largest absolute Gasteiger partial charge is 0.465 e. The summed E-state index contributed by atoms with van der Waals surface area (Å²) in [7, 11) is 0. The summed E-state index contributed by atoms with van der Waals surface area (Å²) in [5.41, 5.74) is 0.584. The number of benzene rings is 1. The number of hydrogen-bond acceptors (Lipinski definition) is 3. The number of amides is 1. The summed E-state index contributed by atoms with van der Waals surface area (Å²) in [4.78, 5) is 17.2. The Morgan fingerprint density at radius 1 is 1.16 bits per heavy atom. The van der Waals surface area contributed by atoms with Crippen LogP contribution in [0.1, 0.15) is 29.9 Å². The Balaban J connectivity index is 1.41. The molecule has 0 saturated carbocycles. The zero-order chi connectivity index (χ0) is 17.4. The standard InChI is InChI=1S/C20H23FN2O2/c1-15-5-6-18(25-15)13-22-9-7-20(14-22)8-10-23(19(20)24)12-16-3-2-4-17(21)11-16/h2-6,11H,7-10,12-14H2,1H3. The zero-order valence-electron chi connectivity index (χ0n) is 14.5. The summed E-state index contributed by atoms with van der Waals surface area (Å²) in [6.45, 7) is 5.65. The summed E-state index contributed by atoms with van der Waals surface area (Å²) in [6, 6.07) is 10.5. The van der Waals surface area contributed by atoms with E-state index < -0.39 is 0 Å². The lowest BCUT2D eigenvalue weighted by atomic mass is 9.85. The SMILES string of the molecule is Cc1ccc(CN2CCC3(CCN(Cc4cccc(F)c4)C3=O)C2)o1. The molecule has 1 amide bonds. The van der Waals surface area contributed by atoms with E-state index in [1.807, 2.05) is 30.0 Å². The molecule has 4 rings (SSSR count). The van der Waals surface area contributed by atoms with Crippen molar-refractivity contribution in [2.24, 2.45) is 5.41 Å². The van der Waals surface area contributed by atoms with E-state index in [0.29, 0.717) is 6.54 Å². The van der Waals surface area contributed by atoms with Crippen LogP contribution in [0.25, 0.3) is 0 Å². The van der Waals surface area contributed by atoms with Crippen molar-refractivity contribution in [1.29, 1.82) is 0 Å². The van der Waals surface area contributed by atoms with Gasteiger partial charge in [0.15, 0.2) is 0 Å². The van der Waals surface area contributed by atoms with Crippen molar-refractivity contribution in [3.05, 3.63) is 59.3 Å². The number of furan rings is 1. The van der Waals surface area contributed by atoms with Gasteiger partial charge in [0, 0.05) is 19.6 Å². The van der Waals surface area contributed by atoms with Crippen molar-refractivity contribution in [3.8, 4) is 0 Å². The number of aryl methyl sites for hydroxylation is 1. The van der Waals surface area contributed by atoms with E-state index in [-0.39, 0.29) is 17.1 Å². The van der Waals surface area contributed by atoms with Crippen LogP contribution in [0.5, 0.6) is 0 Å². The van der Waals surface area contributed by atoms with Gasteiger partial charge in [-0.3, -0.25) is 9.69 Å². The molecule has 0 aliphatic carbocycles.